The molecular weight excluding hydrogens is 274 g/mol. The van der Waals surface area contributed by atoms with Gasteiger partial charge in [-0.3, -0.25) is 4.68 Å². The molecule has 1 saturated carbocycles. The summed E-state index contributed by atoms with van der Waals surface area (Å²) < 4.78 is 11.7. The molecule has 116 valence electrons. The lowest BCUT2D eigenvalue weighted by molar-refractivity contribution is -0.154. The lowest BCUT2D eigenvalue weighted by Gasteiger charge is -2.18. The minimum Gasteiger partial charge on any atom is -0.463 e. The van der Waals surface area contributed by atoms with Gasteiger partial charge in [-0.15, -0.1) is 0 Å². The molecule has 7 nitrogen and oxygen atoms in total. The molecule has 1 aliphatic carbocycles. The lowest BCUT2D eigenvalue weighted by Crippen LogP contribution is -2.40. The summed E-state index contributed by atoms with van der Waals surface area (Å²) in [6, 6.07) is 1.88. The number of rotatable bonds is 6. The molecule has 0 spiro atoms. The van der Waals surface area contributed by atoms with Crippen LogP contribution in [0, 0.1) is 0 Å². The zero-order chi connectivity index (χ0) is 15.1. The first-order valence-corrected chi connectivity index (χ1v) is 7.30. The van der Waals surface area contributed by atoms with Gasteiger partial charge in [0, 0.05) is 18.4 Å². The van der Waals surface area contributed by atoms with E-state index < -0.39 is 18.2 Å². The number of nitrogens with zero attached hydrogens (tertiary/aromatic N) is 2. The van der Waals surface area contributed by atoms with Crippen molar-refractivity contribution in [2.45, 2.75) is 51.3 Å². The molecule has 0 bridgehead atoms. The van der Waals surface area contributed by atoms with Crippen LogP contribution in [0.2, 0.25) is 0 Å². The SMILES string of the molecule is CCOC(=O)C(Cn1cccn1)OC(=O)NC1CCCC1. The Kier molecular flexibility index (Phi) is 5.59. The van der Waals surface area contributed by atoms with E-state index in [1.165, 1.54) is 4.68 Å². The number of ether oxygens (including phenoxy) is 2. The number of esters is 1. The van der Waals surface area contributed by atoms with Gasteiger partial charge in [-0.05, 0) is 25.8 Å². The largest absolute Gasteiger partial charge is 0.463 e. The number of amides is 1. The second-order valence-corrected chi connectivity index (χ2v) is 5.00. The van der Waals surface area contributed by atoms with Crippen LogP contribution in [0.5, 0.6) is 0 Å². The van der Waals surface area contributed by atoms with E-state index in [-0.39, 0.29) is 19.2 Å². The molecule has 0 aliphatic heterocycles. The van der Waals surface area contributed by atoms with Crippen LogP contribution in [0.1, 0.15) is 32.6 Å². The highest BCUT2D eigenvalue weighted by Gasteiger charge is 2.27. The smallest absolute Gasteiger partial charge is 0.408 e. The molecule has 1 aromatic heterocycles. The summed E-state index contributed by atoms with van der Waals surface area (Å²) in [5.41, 5.74) is 0. The predicted molar refractivity (Wildman–Crippen MR) is 74.5 cm³/mol. The maximum absolute atomic E-state index is 11.9. The van der Waals surface area contributed by atoms with E-state index in [0.717, 1.165) is 25.7 Å². The van der Waals surface area contributed by atoms with Gasteiger partial charge < -0.3 is 14.8 Å². The Bertz CT molecular complexity index is 455. The number of carbonyl (C=O) groups is 2. The zero-order valence-electron chi connectivity index (χ0n) is 12.2. The highest BCUT2D eigenvalue weighted by atomic mass is 16.6. The molecule has 1 heterocycles. The van der Waals surface area contributed by atoms with Crippen LogP contribution in [-0.2, 0) is 20.8 Å². The summed E-state index contributed by atoms with van der Waals surface area (Å²) in [4.78, 5) is 23.7. The van der Waals surface area contributed by atoms with E-state index in [2.05, 4.69) is 10.4 Å². The van der Waals surface area contributed by atoms with Gasteiger partial charge in [0.05, 0.1) is 13.2 Å². The van der Waals surface area contributed by atoms with E-state index in [1.807, 2.05) is 0 Å². The first-order valence-electron chi connectivity index (χ1n) is 7.30. The maximum atomic E-state index is 11.9. The summed E-state index contributed by atoms with van der Waals surface area (Å²) in [7, 11) is 0. The van der Waals surface area contributed by atoms with Crippen LogP contribution < -0.4 is 5.32 Å². The Labute approximate surface area is 123 Å². The van der Waals surface area contributed by atoms with E-state index in [0.29, 0.717) is 0 Å². The third-order valence-corrected chi connectivity index (χ3v) is 3.39. The summed E-state index contributed by atoms with van der Waals surface area (Å²) in [5, 5.41) is 6.79. The quantitative estimate of drug-likeness (QED) is 0.804. The van der Waals surface area contributed by atoms with Gasteiger partial charge >= 0.3 is 12.1 Å². The van der Waals surface area contributed by atoms with Gasteiger partial charge in [-0.25, -0.2) is 9.59 Å². The van der Waals surface area contributed by atoms with Crippen molar-refractivity contribution in [1.29, 1.82) is 0 Å². The van der Waals surface area contributed by atoms with Crippen molar-refractivity contribution in [3.63, 3.8) is 0 Å². The Morgan fingerprint density at radius 2 is 2.19 bits per heavy atom. The van der Waals surface area contributed by atoms with Crippen LogP contribution in [0.15, 0.2) is 18.5 Å². The first kappa shape index (κ1) is 15.3. The predicted octanol–water partition coefficient (Wildman–Crippen LogP) is 1.48. The molecule has 1 aliphatic rings. The maximum Gasteiger partial charge on any atom is 0.408 e. The fourth-order valence-corrected chi connectivity index (χ4v) is 2.37. The third kappa shape index (κ3) is 4.77. The standard InChI is InChI=1S/C14H21N3O4/c1-2-20-13(18)12(10-17-9-5-8-15-17)21-14(19)16-11-6-3-4-7-11/h5,8-9,11-12H,2-4,6-7,10H2,1H3,(H,16,19). The van der Waals surface area contributed by atoms with Crippen LogP contribution >= 0.6 is 0 Å². The molecule has 0 aromatic carbocycles. The van der Waals surface area contributed by atoms with Crippen LogP contribution in [0.4, 0.5) is 4.79 Å². The summed E-state index contributed by atoms with van der Waals surface area (Å²) in [6.07, 6.45) is 5.86. The summed E-state index contributed by atoms with van der Waals surface area (Å²) in [6.45, 7) is 2.09. The lowest BCUT2D eigenvalue weighted by atomic mass is 10.3. The minimum atomic E-state index is -0.994. The first-order chi connectivity index (χ1) is 10.2. The second kappa shape index (κ2) is 7.66. The fourth-order valence-electron chi connectivity index (χ4n) is 2.37. The van der Waals surface area contributed by atoms with E-state index in [4.69, 9.17) is 9.47 Å². The van der Waals surface area contributed by atoms with Crippen molar-refractivity contribution >= 4 is 12.1 Å². The van der Waals surface area contributed by atoms with Crippen LogP contribution in [0.25, 0.3) is 0 Å². The van der Waals surface area contributed by atoms with E-state index in [9.17, 15) is 9.59 Å². The Morgan fingerprint density at radius 3 is 2.81 bits per heavy atom. The third-order valence-electron chi connectivity index (χ3n) is 3.39. The van der Waals surface area contributed by atoms with Crippen molar-refractivity contribution in [2.24, 2.45) is 0 Å². The van der Waals surface area contributed by atoms with E-state index in [1.54, 1.807) is 25.4 Å². The van der Waals surface area contributed by atoms with Crippen molar-refractivity contribution in [3.8, 4) is 0 Å². The highest BCUT2D eigenvalue weighted by Crippen LogP contribution is 2.17. The molecule has 2 rings (SSSR count). The molecule has 0 saturated heterocycles. The fraction of sp³-hybridized carbons (Fsp3) is 0.643. The monoisotopic (exact) mass is 295 g/mol. The minimum absolute atomic E-state index is 0.143. The van der Waals surface area contributed by atoms with E-state index >= 15 is 0 Å². The second-order valence-electron chi connectivity index (χ2n) is 5.00. The summed E-state index contributed by atoms with van der Waals surface area (Å²) >= 11 is 0. The molecule has 1 amide bonds. The average molecular weight is 295 g/mol. The number of alkyl carbamates (subject to hydrolysis) is 1. The van der Waals surface area contributed by atoms with Crippen molar-refractivity contribution in [2.75, 3.05) is 6.61 Å². The van der Waals surface area contributed by atoms with Gasteiger partial charge in [0.2, 0.25) is 6.10 Å². The Hall–Kier alpha value is -2.05. The molecule has 1 aromatic rings. The van der Waals surface area contributed by atoms with Gasteiger partial charge in [-0.1, -0.05) is 12.8 Å². The molecule has 1 fully saturated rings. The highest BCUT2D eigenvalue weighted by molar-refractivity contribution is 5.78. The van der Waals surface area contributed by atoms with Crippen molar-refractivity contribution < 1.29 is 19.1 Å². The molecule has 21 heavy (non-hydrogen) atoms. The van der Waals surface area contributed by atoms with Crippen molar-refractivity contribution in [1.82, 2.24) is 15.1 Å². The molecule has 0 radical (unpaired) electrons. The van der Waals surface area contributed by atoms with Gasteiger partial charge in [0.1, 0.15) is 0 Å². The van der Waals surface area contributed by atoms with Gasteiger partial charge in [-0.2, -0.15) is 5.10 Å². The molecule has 7 heteroatoms. The van der Waals surface area contributed by atoms with Gasteiger partial charge in [0.15, 0.2) is 0 Å². The average Bonchev–Trinajstić information content (AvgIpc) is 3.11. The number of aromatic nitrogens is 2. The van der Waals surface area contributed by atoms with Crippen LogP contribution in [0.3, 0.4) is 0 Å². The summed E-state index contributed by atoms with van der Waals surface area (Å²) in [5.74, 6) is -0.561. The van der Waals surface area contributed by atoms with Crippen LogP contribution in [-0.4, -0.2) is 40.6 Å². The zero-order valence-corrected chi connectivity index (χ0v) is 12.2. The Balaban J connectivity index is 1.90. The van der Waals surface area contributed by atoms with Crippen molar-refractivity contribution in [3.05, 3.63) is 18.5 Å². The number of hydrogen-bond acceptors (Lipinski definition) is 5. The number of hydrogen-bond donors (Lipinski definition) is 1. The molecule has 1 atom stereocenters. The topological polar surface area (TPSA) is 82.5 Å². The molecular formula is C14H21N3O4. The molecule has 1 unspecified atom stereocenters. The Morgan fingerprint density at radius 1 is 1.43 bits per heavy atom. The number of nitrogens with one attached hydrogen (secondary N) is 1. The number of carbonyl (C=O) groups excluding carboxylic acids is 2. The molecule has 1 N–H and O–H groups in total. The van der Waals surface area contributed by atoms with Gasteiger partial charge in [0.25, 0.3) is 0 Å². The normalized spacial score (nSPS) is 16.4.